The van der Waals surface area contributed by atoms with E-state index >= 15 is 0 Å². The summed E-state index contributed by atoms with van der Waals surface area (Å²) in [6, 6.07) is -0.110. The molecule has 5 nitrogen and oxygen atoms in total. The van der Waals surface area contributed by atoms with Crippen LogP contribution < -0.4 is 0 Å². The van der Waals surface area contributed by atoms with Crippen molar-refractivity contribution in [3.8, 4) is 0 Å². The lowest BCUT2D eigenvalue weighted by atomic mass is 10.2. The third-order valence-corrected chi connectivity index (χ3v) is 2.44. The zero-order valence-electron chi connectivity index (χ0n) is 10.6. The van der Waals surface area contributed by atoms with E-state index in [9.17, 15) is 9.59 Å². The lowest BCUT2D eigenvalue weighted by Crippen LogP contribution is -2.42. The summed E-state index contributed by atoms with van der Waals surface area (Å²) in [5.41, 5.74) is 0. The van der Waals surface area contributed by atoms with Crippen molar-refractivity contribution in [3.05, 3.63) is 0 Å². The molecule has 0 aliphatic heterocycles. The standard InChI is InChI=1S/C11H22N2O3/c1-5-6-13(8-10(14)12(3)4)9(2)7-11(15)16/h9H,5-8H2,1-4H3,(H,15,16). The average Bonchev–Trinajstić information content (AvgIpc) is 2.15. The highest BCUT2D eigenvalue weighted by Crippen LogP contribution is 2.05. The van der Waals surface area contributed by atoms with Gasteiger partial charge in [-0.15, -0.1) is 0 Å². The second-order valence-corrected chi connectivity index (χ2v) is 4.21. The van der Waals surface area contributed by atoms with Gasteiger partial charge in [-0.2, -0.15) is 0 Å². The summed E-state index contributed by atoms with van der Waals surface area (Å²) >= 11 is 0. The first kappa shape index (κ1) is 14.9. The summed E-state index contributed by atoms with van der Waals surface area (Å²) in [5, 5.41) is 8.72. The molecule has 0 rings (SSSR count). The second-order valence-electron chi connectivity index (χ2n) is 4.21. The Morgan fingerprint density at radius 2 is 1.88 bits per heavy atom. The number of carbonyl (C=O) groups excluding carboxylic acids is 1. The fourth-order valence-corrected chi connectivity index (χ4v) is 1.44. The van der Waals surface area contributed by atoms with E-state index in [0.717, 1.165) is 13.0 Å². The summed E-state index contributed by atoms with van der Waals surface area (Å²) in [6.07, 6.45) is 0.978. The summed E-state index contributed by atoms with van der Waals surface area (Å²) in [6.45, 7) is 4.89. The Hall–Kier alpha value is -1.10. The molecule has 1 unspecified atom stereocenters. The molecule has 0 saturated carbocycles. The molecule has 1 amide bonds. The third kappa shape index (κ3) is 5.70. The van der Waals surface area contributed by atoms with Gasteiger partial charge in [0.05, 0.1) is 13.0 Å². The summed E-state index contributed by atoms with van der Waals surface area (Å²) in [7, 11) is 3.41. The minimum atomic E-state index is -0.828. The van der Waals surface area contributed by atoms with Crippen LogP contribution in [0.5, 0.6) is 0 Å². The molecular formula is C11H22N2O3. The van der Waals surface area contributed by atoms with Gasteiger partial charge in [0.1, 0.15) is 0 Å². The van der Waals surface area contributed by atoms with Gasteiger partial charge in [-0.05, 0) is 19.9 Å². The van der Waals surface area contributed by atoms with Gasteiger partial charge in [-0.1, -0.05) is 6.92 Å². The van der Waals surface area contributed by atoms with Crippen molar-refractivity contribution in [2.24, 2.45) is 0 Å². The van der Waals surface area contributed by atoms with Crippen LogP contribution in [-0.2, 0) is 9.59 Å². The Bertz CT molecular complexity index is 241. The first-order valence-electron chi connectivity index (χ1n) is 5.54. The quantitative estimate of drug-likeness (QED) is 0.697. The molecule has 0 saturated heterocycles. The zero-order valence-corrected chi connectivity index (χ0v) is 10.6. The molecule has 0 aliphatic carbocycles. The van der Waals surface area contributed by atoms with Crippen LogP contribution in [0.25, 0.3) is 0 Å². The van der Waals surface area contributed by atoms with Crippen LogP contribution in [0.15, 0.2) is 0 Å². The normalized spacial score (nSPS) is 12.6. The van der Waals surface area contributed by atoms with Crippen molar-refractivity contribution in [2.75, 3.05) is 27.2 Å². The van der Waals surface area contributed by atoms with Gasteiger partial charge in [0.15, 0.2) is 0 Å². The molecule has 0 bridgehead atoms. The molecular weight excluding hydrogens is 208 g/mol. The predicted octanol–water partition coefficient (Wildman–Crippen LogP) is 0.650. The summed E-state index contributed by atoms with van der Waals surface area (Å²) in [5.74, 6) is -0.823. The highest BCUT2D eigenvalue weighted by molar-refractivity contribution is 5.77. The Kier molecular flexibility index (Phi) is 6.72. The summed E-state index contributed by atoms with van der Waals surface area (Å²) in [4.78, 5) is 25.6. The largest absolute Gasteiger partial charge is 0.481 e. The van der Waals surface area contributed by atoms with Crippen LogP contribution in [0.1, 0.15) is 26.7 Å². The van der Waals surface area contributed by atoms with E-state index in [-0.39, 0.29) is 24.9 Å². The third-order valence-electron chi connectivity index (χ3n) is 2.44. The maximum atomic E-state index is 11.6. The topological polar surface area (TPSA) is 60.9 Å². The van der Waals surface area contributed by atoms with Gasteiger partial charge in [0.25, 0.3) is 0 Å². The van der Waals surface area contributed by atoms with Crippen LogP contribution in [-0.4, -0.2) is 60.0 Å². The molecule has 0 aliphatic rings. The lowest BCUT2D eigenvalue weighted by Gasteiger charge is -2.28. The Labute approximate surface area is 97.0 Å². The highest BCUT2D eigenvalue weighted by atomic mass is 16.4. The molecule has 0 fully saturated rings. The van der Waals surface area contributed by atoms with Crippen LogP contribution in [0.4, 0.5) is 0 Å². The molecule has 5 heteroatoms. The number of nitrogens with zero attached hydrogens (tertiary/aromatic N) is 2. The number of hydrogen-bond donors (Lipinski definition) is 1. The van der Waals surface area contributed by atoms with E-state index in [1.54, 1.807) is 14.1 Å². The fourth-order valence-electron chi connectivity index (χ4n) is 1.44. The lowest BCUT2D eigenvalue weighted by molar-refractivity contribution is -0.139. The number of amides is 1. The van der Waals surface area contributed by atoms with E-state index in [1.165, 1.54) is 4.90 Å². The molecule has 1 N–H and O–H groups in total. The van der Waals surface area contributed by atoms with E-state index in [4.69, 9.17) is 5.11 Å². The Morgan fingerprint density at radius 1 is 1.31 bits per heavy atom. The maximum absolute atomic E-state index is 11.6. The van der Waals surface area contributed by atoms with E-state index in [2.05, 4.69) is 0 Å². The molecule has 0 spiro atoms. The minimum absolute atomic E-state index is 0.00527. The smallest absolute Gasteiger partial charge is 0.304 e. The van der Waals surface area contributed by atoms with Crippen LogP contribution >= 0.6 is 0 Å². The van der Waals surface area contributed by atoms with Crippen LogP contribution in [0.3, 0.4) is 0 Å². The fraction of sp³-hybridized carbons (Fsp3) is 0.818. The number of aliphatic carboxylic acids is 1. The molecule has 0 aromatic heterocycles. The van der Waals surface area contributed by atoms with Gasteiger partial charge in [-0.3, -0.25) is 14.5 Å². The van der Waals surface area contributed by atoms with Gasteiger partial charge < -0.3 is 10.0 Å². The highest BCUT2D eigenvalue weighted by Gasteiger charge is 2.19. The van der Waals surface area contributed by atoms with Gasteiger partial charge in [0.2, 0.25) is 5.91 Å². The molecule has 0 heterocycles. The van der Waals surface area contributed by atoms with Crippen molar-refractivity contribution in [1.82, 2.24) is 9.80 Å². The Morgan fingerprint density at radius 3 is 2.25 bits per heavy atom. The number of carbonyl (C=O) groups is 2. The van der Waals surface area contributed by atoms with Crippen LogP contribution in [0, 0.1) is 0 Å². The second kappa shape index (κ2) is 7.22. The van der Waals surface area contributed by atoms with Crippen molar-refractivity contribution in [1.29, 1.82) is 0 Å². The van der Waals surface area contributed by atoms with E-state index < -0.39 is 5.97 Å². The van der Waals surface area contributed by atoms with Crippen molar-refractivity contribution in [2.45, 2.75) is 32.7 Å². The SMILES string of the molecule is CCCN(CC(=O)N(C)C)C(C)CC(=O)O. The average molecular weight is 230 g/mol. The molecule has 1 atom stereocenters. The number of carboxylic acid groups (broad SMARTS) is 1. The molecule has 94 valence electrons. The predicted molar refractivity (Wildman–Crippen MR) is 62.3 cm³/mol. The number of hydrogen-bond acceptors (Lipinski definition) is 3. The van der Waals surface area contributed by atoms with Crippen molar-refractivity contribution in [3.63, 3.8) is 0 Å². The van der Waals surface area contributed by atoms with E-state index in [0.29, 0.717) is 0 Å². The van der Waals surface area contributed by atoms with Crippen molar-refractivity contribution < 1.29 is 14.7 Å². The van der Waals surface area contributed by atoms with Gasteiger partial charge in [-0.25, -0.2) is 0 Å². The molecule has 0 aromatic carbocycles. The van der Waals surface area contributed by atoms with Crippen molar-refractivity contribution >= 4 is 11.9 Å². The van der Waals surface area contributed by atoms with Crippen LogP contribution in [0.2, 0.25) is 0 Å². The van der Waals surface area contributed by atoms with E-state index in [1.807, 2.05) is 18.7 Å². The first-order chi connectivity index (χ1) is 7.38. The Balaban J connectivity index is 4.35. The molecule has 0 aromatic rings. The summed E-state index contributed by atoms with van der Waals surface area (Å²) < 4.78 is 0. The number of carboxylic acids is 1. The monoisotopic (exact) mass is 230 g/mol. The van der Waals surface area contributed by atoms with Gasteiger partial charge >= 0.3 is 5.97 Å². The maximum Gasteiger partial charge on any atom is 0.304 e. The number of likely N-dealkylation sites (N-methyl/N-ethyl adjacent to an activating group) is 1. The first-order valence-corrected chi connectivity index (χ1v) is 5.54. The molecule has 16 heavy (non-hydrogen) atoms. The minimum Gasteiger partial charge on any atom is -0.481 e. The zero-order chi connectivity index (χ0) is 12.7. The number of rotatable bonds is 7. The molecule has 0 radical (unpaired) electrons. The van der Waals surface area contributed by atoms with Gasteiger partial charge in [0, 0.05) is 20.1 Å².